The fraction of sp³-hybridized carbons (Fsp3) is 0. The minimum absolute atomic E-state index is 1.14. The lowest BCUT2D eigenvalue weighted by Gasteiger charge is -2.12. The van der Waals surface area contributed by atoms with E-state index in [0.29, 0.717) is 0 Å². The van der Waals surface area contributed by atoms with Crippen molar-refractivity contribution in [2.45, 2.75) is 0 Å². The normalized spacial score (nSPS) is 15.6. The molecular weight excluding hydrogens is 284 g/mol. The van der Waals surface area contributed by atoms with E-state index < -0.39 is 0 Å². The zero-order chi connectivity index (χ0) is 11.0. The highest BCUT2D eigenvalue weighted by Gasteiger charge is 2.08. The number of aromatic nitrogens is 1. The van der Waals surface area contributed by atoms with E-state index in [-0.39, 0.29) is 0 Å². The summed E-state index contributed by atoms with van der Waals surface area (Å²) in [5.41, 5.74) is 3.49. The number of rotatable bonds is 1. The molecule has 0 amide bonds. The van der Waals surface area contributed by atoms with Crippen LogP contribution in [0.3, 0.4) is 0 Å². The van der Waals surface area contributed by atoms with Gasteiger partial charge in [0.15, 0.2) is 0 Å². The molecule has 0 fully saturated rings. The van der Waals surface area contributed by atoms with Crippen molar-refractivity contribution in [3.63, 3.8) is 0 Å². The summed E-state index contributed by atoms with van der Waals surface area (Å²) in [6.07, 6.45) is 4.16. The lowest BCUT2D eigenvalue weighted by molar-refractivity contribution is 1.08. The molecule has 0 unspecified atom stereocenters. The zero-order valence-electron chi connectivity index (χ0n) is 8.35. The van der Waals surface area contributed by atoms with Gasteiger partial charge in [-0.3, -0.25) is 3.33 Å². The Morgan fingerprint density at radius 1 is 1.25 bits per heavy atom. The fourth-order valence-electron chi connectivity index (χ4n) is 1.73. The van der Waals surface area contributed by atoms with Gasteiger partial charge in [-0.2, -0.15) is 0 Å². The molecule has 2 nitrogen and oxygen atoms in total. The molecule has 0 saturated heterocycles. The number of para-hydroxylation sites is 1. The molecule has 2 aromatic rings. The molecule has 2 heterocycles. The highest BCUT2D eigenvalue weighted by Crippen LogP contribution is 2.30. The van der Waals surface area contributed by atoms with Crippen LogP contribution in [0.1, 0.15) is 5.69 Å². The number of aromatic amines is 1. The van der Waals surface area contributed by atoms with Gasteiger partial charge in [-0.25, -0.2) is 0 Å². The predicted molar refractivity (Wildman–Crippen MR) is 73.8 cm³/mol. The molecule has 0 atom stereocenters. The van der Waals surface area contributed by atoms with Crippen LogP contribution in [0, 0.1) is 0 Å². The maximum Gasteiger partial charge on any atom is 0.0615 e. The van der Waals surface area contributed by atoms with Gasteiger partial charge in [0, 0.05) is 28.4 Å². The molecule has 16 heavy (non-hydrogen) atoms. The van der Waals surface area contributed by atoms with Gasteiger partial charge in [0.1, 0.15) is 0 Å². The number of hydrogen-bond acceptors (Lipinski definition) is 2. The number of hydrogen-bond donors (Lipinski definition) is 1. The number of fused-ring (bicyclic) bond motifs is 1. The van der Waals surface area contributed by atoms with E-state index in [1.807, 2.05) is 9.40 Å². The van der Waals surface area contributed by atoms with Crippen LogP contribution in [0.5, 0.6) is 0 Å². The van der Waals surface area contributed by atoms with Gasteiger partial charge >= 0.3 is 0 Å². The minimum atomic E-state index is 1.14. The van der Waals surface area contributed by atoms with Crippen molar-refractivity contribution >= 4 is 44.6 Å². The van der Waals surface area contributed by atoms with E-state index in [9.17, 15) is 0 Å². The Bertz CT molecular complexity index is 552. The van der Waals surface area contributed by atoms with E-state index in [2.05, 4.69) is 63.1 Å². The van der Waals surface area contributed by atoms with E-state index in [0.717, 1.165) is 5.69 Å². The molecule has 0 bridgehead atoms. The fourth-order valence-corrected chi connectivity index (χ4v) is 2.74. The van der Waals surface area contributed by atoms with Gasteiger partial charge in [0.05, 0.1) is 16.1 Å². The molecule has 0 aliphatic carbocycles. The largest absolute Gasteiger partial charge is 0.354 e. The third-order valence-corrected chi connectivity index (χ3v) is 3.76. The molecule has 1 aliphatic rings. The first-order chi connectivity index (χ1) is 7.83. The molecule has 4 heteroatoms. The molecule has 80 valence electrons. The third-order valence-electron chi connectivity index (χ3n) is 2.49. The van der Waals surface area contributed by atoms with Crippen molar-refractivity contribution < 1.29 is 0 Å². The van der Waals surface area contributed by atoms with Crippen molar-refractivity contribution in [3.8, 4) is 0 Å². The summed E-state index contributed by atoms with van der Waals surface area (Å²) in [5.74, 6) is 0. The highest BCUT2D eigenvalue weighted by molar-refractivity contribution is 9.09. The summed E-state index contributed by atoms with van der Waals surface area (Å²) in [4.78, 5) is 3.41. The van der Waals surface area contributed by atoms with Crippen LogP contribution in [0.4, 0.5) is 0 Å². The van der Waals surface area contributed by atoms with Gasteiger partial charge in [-0.05, 0) is 35.6 Å². The van der Waals surface area contributed by atoms with Crippen molar-refractivity contribution in [1.82, 2.24) is 8.32 Å². The van der Waals surface area contributed by atoms with E-state index >= 15 is 0 Å². The smallest absolute Gasteiger partial charge is 0.0615 e. The quantitative estimate of drug-likeness (QED) is 0.624. The van der Waals surface area contributed by atoms with Gasteiger partial charge < -0.3 is 4.98 Å². The lowest BCUT2D eigenvalue weighted by atomic mass is 10.2. The molecule has 0 radical (unpaired) electrons. The molecular formula is C12H9BrN2S. The zero-order valence-corrected chi connectivity index (χ0v) is 10.8. The summed E-state index contributed by atoms with van der Waals surface area (Å²) < 4.78 is 1.91. The predicted octanol–water partition coefficient (Wildman–Crippen LogP) is 4.30. The minimum Gasteiger partial charge on any atom is -0.354 e. The summed E-state index contributed by atoms with van der Waals surface area (Å²) >= 11 is 5.03. The Balaban J connectivity index is 2.09. The van der Waals surface area contributed by atoms with Gasteiger partial charge in [-0.1, -0.05) is 18.2 Å². The average Bonchev–Trinajstić information content (AvgIpc) is 2.72. The Morgan fingerprint density at radius 3 is 2.94 bits per heavy atom. The number of nitrogens with one attached hydrogen (secondary N) is 1. The third kappa shape index (κ3) is 1.79. The second-order valence-corrected chi connectivity index (χ2v) is 5.64. The van der Waals surface area contributed by atoms with Crippen molar-refractivity contribution in [2.75, 3.05) is 0 Å². The maximum atomic E-state index is 3.42. The molecule has 1 N–H and O–H groups in total. The molecule has 1 aromatic heterocycles. The highest BCUT2D eigenvalue weighted by atomic mass is 79.9. The van der Waals surface area contributed by atoms with Crippen molar-refractivity contribution in [1.29, 1.82) is 0 Å². The van der Waals surface area contributed by atoms with Gasteiger partial charge in [-0.15, -0.1) is 0 Å². The first kappa shape index (κ1) is 10.1. The Kier molecular flexibility index (Phi) is 2.53. The van der Waals surface area contributed by atoms with E-state index in [1.165, 1.54) is 16.5 Å². The average molecular weight is 293 g/mol. The van der Waals surface area contributed by atoms with Gasteiger partial charge in [0.2, 0.25) is 0 Å². The standard InChI is InChI=1S/C12H9BrN2S/c13-15-8-10(5-6-16-15)12-7-9-3-1-2-4-11(9)14-12/h1-8,14H. The van der Waals surface area contributed by atoms with Crippen LogP contribution >= 0.6 is 28.1 Å². The van der Waals surface area contributed by atoms with E-state index in [1.54, 1.807) is 11.9 Å². The Hall–Kier alpha value is -1.13. The number of benzene rings is 1. The number of nitrogens with zero attached hydrogens (tertiary/aromatic N) is 1. The summed E-state index contributed by atoms with van der Waals surface area (Å²) in [6.45, 7) is 0. The van der Waals surface area contributed by atoms with Crippen LogP contribution in [-0.4, -0.2) is 8.32 Å². The summed E-state index contributed by atoms with van der Waals surface area (Å²) in [6, 6.07) is 10.5. The second kappa shape index (κ2) is 4.03. The summed E-state index contributed by atoms with van der Waals surface area (Å²) in [5, 5.41) is 3.29. The van der Waals surface area contributed by atoms with Crippen molar-refractivity contribution in [3.05, 3.63) is 53.7 Å². The molecule has 1 aromatic carbocycles. The van der Waals surface area contributed by atoms with Crippen LogP contribution in [0.2, 0.25) is 0 Å². The number of H-pyrrole nitrogens is 1. The lowest BCUT2D eigenvalue weighted by Crippen LogP contribution is -1.94. The van der Waals surface area contributed by atoms with Crippen LogP contribution in [0.25, 0.3) is 16.5 Å². The first-order valence-corrected chi connectivity index (χ1v) is 6.46. The topological polar surface area (TPSA) is 19.0 Å². The van der Waals surface area contributed by atoms with Crippen molar-refractivity contribution in [2.24, 2.45) is 0 Å². The monoisotopic (exact) mass is 292 g/mol. The molecule has 3 rings (SSSR count). The number of allylic oxidation sites excluding steroid dienone is 2. The number of halogens is 1. The van der Waals surface area contributed by atoms with Crippen LogP contribution in [0.15, 0.2) is 48.0 Å². The van der Waals surface area contributed by atoms with Crippen LogP contribution < -0.4 is 0 Å². The SMILES string of the molecule is BrN1C=C(c2cc3ccccc3[nH]2)C=CS1. The Morgan fingerprint density at radius 2 is 2.12 bits per heavy atom. The summed E-state index contributed by atoms with van der Waals surface area (Å²) in [7, 11) is 0. The Labute approximate surface area is 106 Å². The van der Waals surface area contributed by atoms with Gasteiger partial charge in [0.25, 0.3) is 0 Å². The molecule has 1 aliphatic heterocycles. The molecule has 0 spiro atoms. The second-order valence-electron chi connectivity index (χ2n) is 3.53. The van der Waals surface area contributed by atoms with Crippen LogP contribution in [-0.2, 0) is 0 Å². The maximum absolute atomic E-state index is 3.42. The van der Waals surface area contributed by atoms with E-state index in [4.69, 9.17) is 0 Å². The molecule has 0 saturated carbocycles. The first-order valence-electron chi connectivity index (χ1n) is 4.91.